The van der Waals surface area contributed by atoms with Gasteiger partial charge < -0.3 is 9.47 Å². The fourth-order valence-corrected chi connectivity index (χ4v) is 2.00. The van der Waals surface area contributed by atoms with Gasteiger partial charge >= 0.3 is 13.8 Å². The molecule has 0 fully saturated rings. The Hall–Kier alpha value is -0.470. The van der Waals surface area contributed by atoms with E-state index in [1.54, 1.807) is 13.8 Å². The van der Waals surface area contributed by atoms with Crippen molar-refractivity contribution < 1.29 is 18.8 Å². The minimum absolute atomic E-state index is 0.102. The van der Waals surface area contributed by atoms with Gasteiger partial charge in [0.15, 0.2) is 12.3 Å². The minimum atomic E-state index is -1.34. The second-order valence-electron chi connectivity index (χ2n) is 4.14. The van der Waals surface area contributed by atoms with E-state index in [1.165, 1.54) is 0 Å². The second-order valence-corrected chi connectivity index (χ2v) is 6.00. The Balaban J connectivity index is 3.53. The van der Waals surface area contributed by atoms with Crippen molar-refractivity contribution in [2.24, 2.45) is 0 Å². The summed E-state index contributed by atoms with van der Waals surface area (Å²) in [7, 11) is -1.34. The van der Waals surface area contributed by atoms with Crippen LogP contribution in [0.2, 0.25) is 0 Å². The average molecular weight is 249 g/mol. The number of carbonyl (C=O) groups is 1. The second kappa shape index (κ2) is 8.66. The Morgan fingerprint density at radius 3 is 2.25 bits per heavy atom. The Morgan fingerprint density at radius 1 is 1.12 bits per heavy atom. The van der Waals surface area contributed by atoms with Crippen LogP contribution in [0.4, 0.5) is 0 Å². The number of esters is 1. The highest BCUT2D eigenvalue weighted by Crippen LogP contribution is 2.21. The van der Waals surface area contributed by atoms with Crippen molar-refractivity contribution in [3.8, 4) is 0 Å². The smallest absolute Gasteiger partial charge is 0.341 e. The summed E-state index contributed by atoms with van der Waals surface area (Å²) >= 11 is 0. The molecular formula is C11H22O4P+. The molecule has 0 aliphatic carbocycles. The van der Waals surface area contributed by atoms with Gasteiger partial charge in [0.05, 0.1) is 25.2 Å². The van der Waals surface area contributed by atoms with Crippen molar-refractivity contribution in [1.82, 2.24) is 0 Å². The molecule has 0 spiro atoms. The molecule has 0 aliphatic heterocycles. The van der Waals surface area contributed by atoms with Gasteiger partial charge in [-0.05, 0) is 27.7 Å². The summed E-state index contributed by atoms with van der Waals surface area (Å²) in [6.07, 6.45) is 1.20. The lowest BCUT2D eigenvalue weighted by atomic mass is 10.4. The van der Waals surface area contributed by atoms with Crippen LogP contribution in [0.1, 0.15) is 34.1 Å². The quantitative estimate of drug-likeness (QED) is 0.490. The zero-order chi connectivity index (χ0) is 12.6. The first kappa shape index (κ1) is 15.5. The molecule has 0 amide bonds. The van der Waals surface area contributed by atoms with Gasteiger partial charge in [-0.15, -0.1) is 0 Å². The maximum Gasteiger partial charge on any atom is 0.341 e. The third-order valence-corrected chi connectivity index (χ3v) is 3.13. The number of hydrogen-bond acceptors (Lipinski definition) is 4. The molecular weight excluding hydrogens is 227 g/mol. The minimum Gasteiger partial charge on any atom is -0.463 e. The van der Waals surface area contributed by atoms with Crippen LogP contribution in [-0.2, 0) is 18.8 Å². The number of rotatable bonds is 8. The first-order valence-electron chi connectivity index (χ1n) is 5.65. The van der Waals surface area contributed by atoms with Crippen LogP contribution in [0.15, 0.2) is 0 Å². The fourth-order valence-electron chi connectivity index (χ4n) is 1.04. The van der Waals surface area contributed by atoms with Gasteiger partial charge in [-0.1, -0.05) is 4.57 Å². The molecule has 0 saturated carbocycles. The molecule has 0 radical (unpaired) electrons. The van der Waals surface area contributed by atoms with Crippen molar-refractivity contribution in [2.45, 2.75) is 46.3 Å². The van der Waals surface area contributed by atoms with E-state index in [-0.39, 0.29) is 24.6 Å². The number of ether oxygens (including phenoxy) is 2. The molecule has 0 saturated heterocycles. The molecule has 1 atom stereocenters. The van der Waals surface area contributed by atoms with Crippen LogP contribution >= 0.6 is 7.80 Å². The van der Waals surface area contributed by atoms with E-state index in [4.69, 9.17) is 9.47 Å². The lowest BCUT2D eigenvalue weighted by Gasteiger charge is -2.05. The molecule has 0 heterocycles. The molecule has 0 aromatic carbocycles. The third-order valence-electron chi connectivity index (χ3n) is 1.72. The standard InChI is InChI=1S/C11H22O4P/c1-9(2)14-6-8-16(13)7-5-11(12)15-10(3)4/h9-10H,5-8H2,1-4H3/q+1. The average Bonchev–Trinajstić information content (AvgIpc) is 2.13. The maximum atomic E-state index is 11.5. The predicted octanol–water partition coefficient (Wildman–Crippen LogP) is 2.58. The lowest BCUT2D eigenvalue weighted by Crippen LogP contribution is -2.12. The molecule has 0 bridgehead atoms. The Labute approximate surface area is 98.5 Å². The molecule has 1 unspecified atom stereocenters. The van der Waals surface area contributed by atoms with Gasteiger partial charge in [0.1, 0.15) is 0 Å². The Kier molecular flexibility index (Phi) is 8.40. The fraction of sp³-hybridized carbons (Fsp3) is 0.909. The van der Waals surface area contributed by atoms with Crippen LogP contribution in [0, 0.1) is 0 Å². The zero-order valence-electron chi connectivity index (χ0n) is 10.6. The number of carbonyl (C=O) groups excluding carboxylic acids is 1. The van der Waals surface area contributed by atoms with Gasteiger partial charge in [0.2, 0.25) is 0 Å². The van der Waals surface area contributed by atoms with E-state index in [1.807, 2.05) is 13.8 Å². The normalized spacial score (nSPS) is 12.0. The van der Waals surface area contributed by atoms with Crippen LogP contribution < -0.4 is 0 Å². The SMILES string of the molecule is CC(C)OCC[P+](=O)CCC(=O)OC(C)C. The zero-order valence-corrected chi connectivity index (χ0v) is 11.5. The van der Waals surface area contributed by atoms with E-state index in [0.29, 0.717) is 18.9 Å². The lowest BCUT2D eigenvalue weighted by molar-refractivity contribution is -0.146. The molecule has 16 heavy (non-hydrogen) atoms. The van der Waals surface area contributed by atoms with Crippen LogP contribution in [0.25, 0.3) is 0 Å². The van der Waals surface area contributed by atoms with E-state index < -0.39 is 7.80 Å². The summed E-state index contributed by atoms with van der Waals surface area (Å²) in [4.78, 5) is 11.2. The first-order valence-corrected chi connectivity index (χ1v) is 7.28. The number of hydrogen-bond donors (Lipinski definition) is 0. The largest absolute Gasteiger partial charge is 0.463 e. The van der Waals surface area contributed by atoms with E-state index in [0.717, 1.165) is 0 Å². The van der Waals surface area contributed by atoms with Crippen LogP contribution in [0.5, 0.6) is 0 Å². The Bertz CT molecular complexity index is 226. The summed E-state index contributed by atoms with van der Waals surface area (Å²) in [5, 5.41) is 0. The molecule has 5 heteroatoms. The molecule has 0 N–H and O–H groups in total. The summed E-state index contributed by atoms with van der Waals surface area (Å²) < 4.78 is 21.7. The highest BCUT2D eigenvalue weighted by Gasteiger charge is 2.18. The third kappa shape index (κ3) is 10.1. The summed E-state index contributed by atoms with van der Waals surface area (Å²) in [6.45, 7) is 7.97. The maximum absolute atomic E-state index is 11.5. The van der Waals surface area contributed by atoms with Gasteiger partial charge in [-0.3, -0.25) is 4.79 Å². The molecule has 0 aliphatic rings. The van der Waals surface area contributed by atoms with Gasteiger partial charge in [-0.2, -0.15) is 0 Å². The van der Waals surface area contributed by atoms with Crippen molar-refractivity contribution in [3.05, 3.63) is 0 Å². The molecule has 0 aromatic heterocycles. The molecule has 94 valence electrons. The topological polar surface area (TPSA) is 52.6 Å². The Morgan fingerprint density at radius 2 is 1.75 bits per heavy atom. The van der Waals surface area contributed by atoms with Gasteiger partial charge in [0.25, 0.3) is 0 Å². The summed E-state index contributed by atoms with van der Waals surface area (Å²) in [6, 6.07) is 0. The first-order chi connectivity index (χ1) is 7.41. The monoisotopic (exact) mass is 249 g/mol. The summed E-state index contributed by atoms with van der Waals surface area (Å²) in [5.41, 5.74) is 0. The highest BCUT2D eigenvalue weighted by molar-refractivity contribution is 7.44. The van der Waals surface area contributed by atoms with E-state index >= 15 is 0 Å². The van der Waals surface area contributed by atoms with Crippen molar-refractivity contribution in [2.75, 3.05) is 18.9 Å². The molecule has 0 rings (SSSR count). The molecule has 4 nitrogen and oxygen atoms in total. The highest BCUT2D eigenvalue weighted by atomic mass is 31.1. The van der Waals surface area contributed by atoms with E-state index in [2.05, 4.69) is 0 Å². The van der Waals surface area contributed by atoms with Gasteiger partial charge in [0, 0.05) is 0 Å². The summed E-state index contributed by atoms with van der Waals surface area (Å²) in [5.74, 6) is -0.275. The van der Waals surface area contributed by atoms with E-state index in [9.17, 15) is 9.36 Å². The van der Waals surface area contributed by atoms with Crippen LogP contribution in [-0.4, -0.2) is 37.1 Å². The van der Waals surface area contributed by atoms with Crippen molar-refractivity contribution >= 4 is 13.8 Å². The molecule has 0 aromatic rings. The van der Waals surface area contributed by atoms with Crippen LogP contribution in [0.3, 0.4) is 0 Å². The van der Waals surface area contributed by atoms with Gasteiger partial charge in [-0.25, -0.2) is 0 Å². The van der Waals surface area contributed by atoms with Crippen molar-refractivity contribution in [3.63, 3.8) is 0 Å². The van der Waals surface area contributed by atoms with Crippen molar-refractivity contribution in [1.29, 1.82) is 0 Å². The predicted molar refractivity (Wildman–Crippen MR) is 64.3 cm³/mol.